The van der Waals surface area contributed by atoms with E-state index in [9.17, 15) is 28.8 Å². The second-order valence-corrected chi connectivity index (χ2v) is 6.50. The molecule has 2 atom stereocenters. The van der Waals surface area contributed by atoms with Crippen LogP contribution < -0.4 is 26.6 Å². The quantitative estimate of drug-likeness (QED) is 0.217. The Kier molecular flexibility index (Phi) is 11.0. The van der Waals surface area contributed by atoms with Crippen LogP contribution in [-0.2, 0) is 35.2 Å². The minimum absolute atomic E-state index is 0.0314. The molecule has 1 aromatic heterocycles. The van der Waals surface area contributed by atoms with Crippen LogP contribution >= 0.6 is 0 Å². The van der Waals surface area contributed by atoms with E-state index < -0.39 is 42.3 Å². The molecule has 0 aliphatic heterocycles. The first-order valence-electron chi connectivity index (χ1n) is 9.60. The van der Waals surface area contributed by atoms with Gasteiger partial charge in [-0.3, -0.25) is 24.0 Å². The molecule has 31 heavy (non-hydrogen) atoms. The highest BCUT2D eigenvalue weighted by Crippen LogP contribution is 2.04. The number of carbonyl (C=O) groups excluding carboxylic acids is 6. The fourth-order valence-corrected chi connectivity index (χ4v) is 2.36. The van der Waals surface area contributed by atoms with Gasteiger partial charge in [-0.2, -0.15) is 0 Å². The van der Waals surface area contributed by atoms with Crippen LogP contribution in [0.4, 0.5) is 0 Å². The number of furan rings is 1. The maximum Gasteiger partial charge on any atom is 0.243 e. The van der Waals surface area contributed by atoms with E-state index in [2.05, 4.69) is 26.6 Å². The lowest BCUT2D eigenvalue weighted by Crippen LogP contribution is -2.52. The van der Waals surface area contributed by atoms with Gasteiger partial charge in [-0.05, 0) is 12.1 Å². The van der Waals surface area contributed by atoms with Gasteiger partial charge in [0.1, 0.15) is 24.1 Å². The summed E-state index contributed by atoms with van der Waals surface area (Å²) in [5.74, 6) is -2.12. The molecule has 12 heteroatoms. The van der Waals surface area contributed by atoms with E-state index in [-0.39, 0.29) is 31.8 Å². The molecule has 0 fully saturated rings. The summed E-state index contributed by atoms with van der Waals surface area (Å²) in [5, 5.41) is 12.0. The van der Waals surface area contributed by atoms with E-state index in [4.69, 9.17) is 4.42 Å². The number of amides is 5. The molecule has 5 N–H and O–H groups in total. The average molecular weight is 437 g/mol. The van der Waals surface area contributed by atoms with Crippen LogP contribution in [-0.4, -0.2) is 67.5 Å². The zero-order valence-corrected chi connectivity index (χ0v) is 17.4. The van der Waals surface area contributed by atoms with Crippen molar-refractivity contribution in [2.45, 2.75) is 38.8 Å². The van der Waals surface area contributed by atoms with Crippen LogP contribution in [0.5, 0.6) is 0 Å². The van der Waals surface area contributed by atoms with Crippen LogP contribution in [0.2, 0.25) is 0 Å². The molecule has 0 saturated heterocycles. The van der Waals surface area contributed by atoms with E-state index in [1.807, 2.05) is 0 Å². The van der Waals surface area contributed by atoms with Crippen molar-refractivity contribution in [2.75, 3.05) is 19.6 Å². The smallest absolute Gasteiger partial charge is 0.243 e. The van der Waals surface area contributed by atoms with E-state index in [0.717, 1.165) is 0 Å². The third-order valence-corrected chi connectivity index (χ3v) is 3.90. The summed E-state index contributed by atoms with van der Waals surface area (Å²) in [6.45, 7) is 2.02. The third kappa shape index (κ3) is 10.6. The number of aldehydes is 1. The molecular formula is C19H27N5O7. The molecule has 12 nitrogen and oxygen atoms in total. The second kappa shape index (κ2) is 13.5. The zero-order chi connectivity index (χ0) is 23.2. The van der Waals surface area contributed by atoms with Gasteiger partial charge in [0, 0.05) is 26.3 Å². The fourth-order valence-electron chi connectivity index (χ4n) is 2.36. The van der Waals surface area contributed by atoms with Gasteiger partial charge in [-0.25, -0.2) is 0 Å². The van der Waals surface area contributed by atoms with Crippen molar-refractivity contribution in [3.63, 3.8) is 0 Å². The van der Waals surface area contributed by atoms with Crippen LogP contribution in [0.1, 0.15) is 26.0 Å². The van der Waals surface area contributed by atoms with Gasteiger partial charge in [0.25, 0.3) is 0 Å². The van der Waals surface area contributed by atoms with Gasteiger partial charge in [-0.15, -0.1) is 0 Å². The maximum absolute atomic E-state index is 12.5. The molecule has 0 saturated carbocycles. The lowest BCUT2D eigenvalue weighted by Gasteiger charge is -2.18. The number of hydrogen-bond donors (Lipinski definition) is 5. The Labute approximate surface area is 178 Å². The largest absolute Gasteiger partial charge is 0.469 e. The summed E-state index contributed by atoms with van der Waals surface area (Å²) in [4.78, 5) is 69.6. The summed E-state index contributed by atoms with van der Waals surface area (Å²) in [6.07, 6.45) is 2.14. The maximum atomic E-state index is 12.5. The predicted octanol–water partition coefficient (Wildman–Crippen LogP) is -2.23. The van der Waals surface area contributed by atoms with Crippen LogP contribution in [0.15, 0.2) is 22.8 Å². The molecule has 1 rings (SSSR count). The molecule has 0 bridgehead atoms. The number of hydrogen-bond acceptors (Lipinski definition) is 7. The summed E-state index contributed by atoms with van der Waals surface area (Å²) >= 11 is 0. The highest BCUT2D eigenvalue weighted by atomic mass is 16.3. The Bertz CT molecular complexity index is 779. The highest BCUT2D eigenvalue weighted by Gasteiger charge is 2.23. The number of rotatable bonds is 13. The topological polar surface area (TPSA) is 176 Å². The normalized spacial score (nSPS) is 12.1. The molecule has 1 aromatic rings. The first kappa shape index (κ1) is 25.3. The summed E-state index contributed by atoms with van der Waals surface area (Å²) in [6, 6.07) is 1.31. The lowest BCUT2D eigenvalue weighted by atomic mass is 10.1. The molecule has 0 aliphatic rings. The highest BCUT2D eigenvalue weighted by molar-refractivity contribution is 5.92. The third-order valence-electron chi connectivity index (χ3n) is 3.90. The van der Waals surface area contributed by atoms with Crippen molar-refractivity contribution in [1.29, 1.82) is 0 Å². The van der Waals surface area contributed by atoms with Gasteiger partial charge in [-0.1, -0.05) is 6.92 Å². The number of nitrogens with one attached hydrogen (secondary N) is 5. The van der Waals surface area contributed by atoms with Crippen LogP contribution in [0, 0.1) is 0 Å². The van der Waals surface area contributed by atoms with Gasteiger partial charge in [0.15, 0.2) is 0 Å². The van der Waals surface area contributed by atoms with Crippen molar-refractivity contribution >= 4 is 35.8 Å². The van der Waals surface area contributed by atoms with E-state index in [0.29, 0.717) is 12.0 Å². The van der Waals surface area contributed by atoms with Crippen LogP contribution in [0.3, 0.4) is 0 Å². The SMILES string of the molecule is CCC(=O)NCC(=O)N[C@@H](Cc1ccco1)C(=O)NCC(=O)NC[C@@H](C=O)NC(C)=O. The molecule has 0 radical (unpaired) electrons. The number of carbonyl (C=O) groups is 6. The Morgan fingerprint density at radius 2 is 1.71 bits per heavy atom. The molecule has 0 unspecified atom stereocenters. The first-order valence-corrected chi connectivity index (χ1v) is 9.60. The molecule has 0 spiro atoms. The molecule has 170 valence electrons. The Hall–Kier alpha value is -3.70. The predicted molar refractivity (Wildman–Crippen MR) is 107 cm³/mol. The Morgan fingerprint density at radius 1 is 1.00 bits per heavy atom. The average Bonchev–Trinajstić information content (AvgIpc) is 3.25. The van der Waals surface area contributed by atoms with E-state index >= 15 is 0 Å². The first-order chi connectivity index (χ1) is 14.7. The Balaban J connectivity index is 2.58. The van der Waals surface area contributed by atoms with Crippen molar-refractivity contribution in [2.24, 2.45) is 0 Å². The molecule has 1 heterocycles. The van der Waals surface area contributed by atoms with Gasteiger partial charge in [0.2, 0.25) is 29.5 Å². The van der Waals surface area contributed by atoms with Crippen LogP contribution in [0.25, 0.3) is 0 Å². The van der Waals surface area contributed by atoms with Gasteiger partial charge >= 0.3 is 0 Å². The molecular weight excluding hydrogens is 410 g/mol. The summed E-state index contributed by atoms with van der Waals surface area (Å²) in [7, 11) is 0. The van der Waals surface area contributed by atoms with Gasteiger partial charge < -0.3 is 35.8 Å². The van der Waals surface area contributed by atoms with Crippen molar-refractivity contribution in [1.82, 2.24) is 26.6 Å². The fraction of sp³-hybridized carbons (Fsp3) is 0.474. The second-order valence-electron chi connectivity index (χ2n) is 6.50. The van der Waals surface area contributed by atoms with E-state index in [1.54, 1.807) is 19.1 Å². The molecule has 0 aromatic carbocycles. The van der Waals surface area contributed by atoms with Gasteiger partial charge in [0.05, 0.1) is 19.4 Å². The molecule has 5 amide bonds. The standard InChI is InChI=1S/C19H27N5O7/c1-3-16(27)21-10-18(29)24-15(7-14-5-4-6-31-14)19(30)22-9-17(28)20-8-13(11-25)23-12(2)26/h4-6,11,13,15H,3,7-10H2,1-2H3,(H,20,28)(H,21,27)(H,22,30)(H,23,26)(H,24,29)/t13-,15-/m0/s1. The lowest BCUT2D eigenvalue weighted by molar-refractivity contribution is -0.131. The van der Waals surface area contributed by atoms with Crippen molar-refractivity contribution in [3.8, 4) is 0 Å². The molecule has 0 aliphatic carbocycles. The van der Waals surface area contributed by atoms with Crippen molar-refractivity contribution in [3.05, 3.63) is 24.2 Å². The minimum atomic E-state index is -1.05. The summed E-state index contributed by atoms with van der Waals surface area (Å²) in [5.41, 5.74) is 0. The summed E-state index contributed by atoms with van der Waals surface area (Å²) < 4.78 is 5.20. The minimum Gasteiger partial charge on any atom is -0.469 e. The Morgan fingerprint density at radius 3 is 2.29 bits per heavy atom. The van der Waals surface area contributed by atoms with E-state index in [1.165, 1.54) is 13.2 Å². The monoisotopic (exact) mass is 437 g/mol. The zero-order valence-electron chi connectivity index (χ0n) is 17.4. The van der Waals surface area contributed by atoms with Crippen molar-refractivity contribution < 1.29 is 33.2 Å².